The third kappa shape index (κ3) is 1.72. The Bertz CT molecular complexity index is 679. The highest BCUT2D eigenvalue weighted by Crippen LogP contribution is 2.30. The summed E-state index contributed by atoms with van der Waals surface area (Å²) in [6, 6.07) is -0.739. The Morgan fingerprint density at radius 2 is 2.11 bits per heavy atom. The summed E-state index contributed by atoms with van der Waals surface area (Å²) < 4.78 is 0. The first kappa shape index (κ1) is 12.2. The van der Waals surface area contributed by atoms with E-state index in [1.165, 1.54) is 0 Å². The van der Waals surface area contributed by atoms with Gasteiger partial charge in [0.2, 0.25) is 5.95 Å². The average molecular weight is 265 g/mol. The van der Waals surface area contributed by atoms with Crippen LogP contribution in [0.1, 0.15) is 18.5 Å². The molecule has 8 heteroatoms. The lowest BCUT2D eigenvalue weighted by Gasteiger charge is -2.14. The number of nitrogen functional groups attached to an aromatic ring is 1. The lowest BCUT2D eigenvalue weighted by Crippen LogP contribution is -2.29. The molecule has 1 fully saturated rings. The van der Waals surface area contributed by atoms with Crippen LogP contribution in [0.25, 0.3) is 11.0 Å². The molecule has 0 spiro atoms. The number of H-pyrrole nitrogens is 2. The molecule has 0 bridgehead atoms. The van der Waals surface area contributed by atoms with Crippen molar-refractivity contribution < 1.29 is 10.2 Å². The molecule has 2 aromatic rings. The van der Waals surface area contributed by atoms with Gasteiger partial charge in [-0.15, -0.1) is 0 Å². The smallest absolute Gasteiger partial charge is 0.276 e. The van der Waals surface area contributed by atoms with Gasteiger partial charge in [0.15, 0.2) is 0 Å². The Morgan fingerprint density at radius 1 is 1.37 bits per heavy atom. The van der Waals surface area contributed by atoms with Gasteiger partial charge in [-0.3, -0.25) is 9.78 Å². The van der Waals surface area contributed by atoms with E-state index in [4.69, 9.17) is 5.73 Å². The molecule has 3 heterocycles. The maximum Gasteiger partial charge on any atom is 0.276 e. The van der Waals surface area contributed by atoms with E-state index in [0.717, 1.165) is 0 Å². The molecule has 1 aliphatic heterocycles. The zero-order valence-corrected chi connectivity index (χ0v) is 10.2. The average Bonchev–Trinajstić information content (AvgIpc) is 2.86. The first-order valence-electron chi connectivity index (χ1n) is 5.98. The van der Waals surface area contributed by atoms with E-state index in [-0.39, 0.29) is 17.5 Å². The van der Waals surface area contributed by atoms with Crippen molar-refractivity contribution in [2.75, 3.05) is 5.73 Å². The molecule has 7 N–H and O–H groups in total. The molecule has 102 valence electrons. The second kappa shape index (κ2) is 4.05. The van der Waals surface area contributed by atoms with Gasteiger partial charge in [0, 0.05) is 17.8 Å². The van der Waals surface area contributed by atoms with Crippen molar-refractivity contribution in [1.82, 2.24) is 20.3 Å². The third-order valence-electron chi connectivity index (χ3n) is 3.56. The van der Waals surface area contributed by atoms with Crippen LogP contribution in [-0.4, -0.2) is 43.4 Å². The largest absolute Gasteiger partial charge is 0.389 e. The van der Waals surface area contributed by atoms with Gasteiger partial charge >= 0.3 is 0 Å². The van der Waals surface area contributed by atoms with Crippen molar-refractivity contribution in [3.63, 3.8) is 0 Å². The summed E-state index contributed by atoms with van der Waals surface area (Å²) in [5.74, 6) is 0.0134. The topological polar surface area (TPSA) is 140 Å². The van der Waals surface area contributed by atoms with Gasteiger partial charge in [-0.25, -0.2) is 4.98 Å². The van der Waals surface area contributed by atoms with Crippen LogP contribution in [0.5, 0.6) is 0 Å². The summed E-state index contributed by atoms with van der Waals surface area (Å²) >= 11 is 0. The number of hydrogen-bond acceptors (Lipinski definition) is 6. The predicted octanol–water partition coefficient (Wildman–Crippen LogP) is -1.41. The highest BCUT2D eigenvalue weighted by molar-refractivity contribution is 5.79. The second-order valence-electron chi connectivity index (χ2n) is 4.83. The van der Waals surface area contributed by atoms with E-state index in [1.807, 2.05) is 0 Å². The molecular weight excluding hydrogens is 250 g/mol. The fourth-order valence-electron chi connectivity index (χ4n) is 2.54. The lowest BCUT2D eigenvalue weighted by molar-refractivity contribution is 0.0303. The van der Waals surface area contributed by atoms with Gasteiger partial charge in [-0.1, -0.05) is 0 Å². The van der Waals surface area contributed by atoms with Crippen LogP contribution >= 0.6 is 0 Å². The van der Waals surface area contributed by atoms with Crippen LogP contribution < -0.4 is 16.6 Å². The molecule has 0 aromatic carbocycles. The number of aliphatic hydroxyl groups is 2. The van der Waals surface area contributed by atoms with Crippen LogP contribution in [-0.2, 0) is 0 Å². The number of rotatable bonds is 1. The maximum absolute atomic E-state index is 11.7. The number of nitrogens with one attached hydrogen (secondary N) is 3. The van der Waals surface area contributed by atoms with Crippen molar-refractivity contribution in [3.05, 3.63) is 22.1 Å². The number of nitrogens with two attached hydrogens (primary N) is 1. The number of anilines is 1. The molecule has 0 amide bonds. The zero-order chi connectivity index (χ0) is 13.7. The third-order valence-corrected chi connectivity index (χ3v) is 3.56. The van der Waals surface area contributed by atoms with E-state index < -0.39 is 18.2 Å². The van der Waals surface area contributed by atoms with Crippen molar-refractivity contribution in [1.29, 1.82) is 0 Å². The number of fused-ring (bicyclic) bond motifs is 1. The maximum atomic E-state index is 11.7. The van der Waals surface area contributed by atoms with Crippen LogP contribution in [0, 0.1) is 0 Å². The standard InChI is InChI=1S/C11H15N5O3/c1-3-8(17)9(18)6(14-3)4-2-13-7-5(4)15-11(12)16-10(7)19/h2-3,6,8-9,13-14,17-18H,1H3,(H3,12,15,16,19)/t3-,6+,8+,9-/m1/s1. The normalized spacial score (nSPS) is 31.1. The first-order chi connectivity index (χ1) is 8.99. The Hall–Kier alpha value is -1.90. The van der Waals surface area contributed by atoms with E-state index in [2.05, 4.69) is 20.3 Å². The Labute approximate surface area is 107 Å². The quantitative estimate of drug-likeness (QED) is 0.374. The highest BCUT2D eigenvalue weighted by atomic mass is 16.3. The zero-order valence-electron chi connectivity index (χ0n) is 10.2. The number of aliphatic hydroxyl groups excluding tert-OH is 2. The van der Waals surface area contributed by atoms with E-state index in [0.29, 0.717) is 16.6 Å². The summed E-state index contributed by atoms with van der Waals surface area (Å²) in [6.07, 6.45) is -0.233. The van der Waals surface area contributed by atoms with Gasteiger partial charge in [0.1, 0.15) is 17.1 Å². The van der Waals surface area contributed by atoms with Crippen LogP contribution in [0.3, 0.4) is 0 Å². The fourth-order valence-corrected chi connectivity index (χ4v) is 2.54. The van der Waals surface area contributed by atoms with E-state index >= 15 is 0 Å². The van der Waals surface area contributed by atoms with Gasteiger partial charge in [0.05, 0.1) is 12.1 Å². The summed E-state index contributed by atoms with van der Waals surface area (Å²) in [5.41, 5.74) is 6.48. The molecule has 3 rings (SSSR count). The molecule has 19 heavy (non-hydrogen) atoms. The van der Waals surface area contributed by atoms with Gasteiger partial charge in [-0.05, 0) is 6.92 Å². The molecule has 4 atom stereocenters. The molecule has 2 aromatic heterocycles. The van der Waals surface area contributed by atoms with Crippen molar-refractivity contribution >= 4 is 17.0 Å². The SMILES string of the molecule is C[C@H]1N[C@@H](c2c[nH]c3c(=O)[nH]c(N)nc23)[C@@H](O)[C@H]1O. The molecular formula is C11H15N5O3. The van der Waals surface area contributed by atoms with Crippen molar-refractivity contribution in [2.24, 2.45) is 0 Å². The summed E-state index contributed by atoms with van der Waals surface area (Å²) in [4.78, 5) is 21.0. The molecule has 0 saturated carbocycles. The fraction of sp³-hybridized carbons (Fsp3) is 0.455. The van der Waals surface area contributed by atoms with Crippen molar-refractivity contribution in [3.8, 4) is 0 Å². The molecule has 0 unspecified atom stereocenters. The Kier molecular flexibility index (Phi) is 2.59. The minimum absolute atomic E-state index is 0.0134. The van der Waals surface area contributed by atoms with Crippen LogP contribution in [0.15, 0.2) is 11.0 Å². The number of hydrogen-bond donors (Lipinski definition) is 6. The first-order valence-corrected chi connectivity index (χ1v) is 5.98. The molecule has 0 aliphatic carbocycles. The second-order valence-corrected chi connectivity index (χ2v) is 4.83. The molecule has 1 aliphatic rings. The minimum atomic E-state index is -0.962. The predicted molar refractivity (Wildman–Crippen MR) is 68.5 cm³/mol. The highest BCUT2D eigenvalue weighted by Gasteiger charge is 2.40. The molecule has 8 nitrogen and oxygen atoms in total. The van der Waals surface area contributed by atoms with Crippen LogP contribution in [0.4, 0.5) is 5.95 Å². The van der Waals surface area contributed by atoms with Gasteiger partial charge in [0.25, 0.3) is 5.56 Å². The summed E-state index contributed by atoms with van der Waals surface area (Å²) in [7, 11) is 0. The van der Waals surface area contributed by atoms with E-state index in [1.54, 1.807) is 13.1 Å². The summed E-state index contributed by atoms with van der Waals surface area (Å²) in [5, 5.41) is 22.9. The Balaban J connectivity index is 2.14. The Morgan fingerprint density at radius 3 is 2.74 bits per heavy atom. The van der Waals surface area contributed by atoms with Crippen molar-refractivity contribution in [2.45, 2.75) is 31.2 Å². The monoisotopic (exact) mass is 265 g/mol. The molecule has 1 saturated heterocycles. The number of nitrogens with zero attached hydrogens (tertiary/aromatic N) is 1. The summed E-state index contributed by atoms with van der Waals surface area (Å²) in [6.45, 7) is 1.78. The van der Waals surface area contributed by atoms with Crippen LogP contribution in [0.2, 0.25) is 0 Å². The molecule has 0 radical (unpaired) electrons. The lowest BCUT2D eigenvalue weighted by atomic mass is 10.0. The van der Waals surface area contributed by atoms with Gasteiger partial charge < -0.3 is 26.2 Å². The number of aromatic nitrogens is 3. The van der Waals surface area contributed by atoms with E-state index in [9.17, 15) is 15.0 Å². The minimum Gasteiger partial charge on any atom is -0.389 e. The van der Waals surface area contributed by atoms with Gasteiger partial charge in [-0.2, -0.15) is 0 Å². The number of aromatic amines is 2.